The minimum Gasteiger partial charge on any atom is -0.475 e. The first-order chi connectivity index (χ1) is 5.68. The molecule has 64 valence electrons. The SMILES string of the molecule is CN1Cc2coc(C(=O)O)c2C1. The number of carbonyl (C=O) groups is 1. The normalized spacial score (nSPS) is 16.4. The van der Waals surface area contributed by atoms with Crippen molar-refractivity contribution < 1.29 is 14.3 Å². The maximum Gasteiger partial charge on any atom is 0.372 e. The van der Waals surface area contributed by atoms with Crippen LogP contribution in [-0.2, 0) is 13.1 Å². The van der Waals surface area contributed by atoms with Crippen molar-refractivity contribution in [3.8, 4) is 0 Å². The number of hydrogen-bond donors (Lipinski definition) is 1. The van der Waals surface area contributed by atoms with Crippen molar-refractivity contribution in [2.75, 3.05) is 7.05 Å². The molecule has 0 unspecified atom stereocenters. The van der Waals surface area contributed by atoms with Gasteiger partial charge in [-0.3, -0.25) is 4.90 Å². The molecule has 4 nitrogen and oxygen atoms in total. The Morgan fingerprint density at radius 1 is 1.67 bits per heavy atom. The zero-order valence-corrected chi connectivity index (χ0v) is 6.70. The summed E-state index contributed by atoms with van der Waals surface area (Å²) < 4.78 is 4.92. The van der Waals surface area contributed by atoms with Crippen molar-refractivity contribution in [3.63, 3.8) is 0 Å². The topological polar surface area (TPSA) is 53.7 Å². The van der Waals surface area contributed by atoms with Gasteiger partial charge in [-0.25, -0.2) is 4.79 Å². The quantitative estimate of drug-likeness (QED) is 0.675. The number of aromatic carboxylic acids is 1. The van der Waals surface area contributed by atoms with E-state index in [1.807, 2.05) is 11.9 Å². The molecule has 0 spiro atoms. The summed E-state index contributed by atoms with van der Waals surface area (Å²) in [6, 6.07) is 0. The van der Waals surface area contributed by atoms with E-state index in [9.17, 15) is 4.79 Å². The molecular weight excluding hydrogens is 158 g/mol. The van der Waals surface area contributed by atoms with E-state index in [2.05, 4.69) is 0 Å². The van der Waals surface area contributed by atoms with Gasteiger partial charge in [0.25, 0.3) is 0 Å². The highest BCUT2D eigenvalue weighted by molar-refractivity contribution is 5.86. The second kappa shape index (κ2) is 2.35. The molecular formula is C8H9NO3. The van der Waals surface area contributed by atoms with E-state index >= 15 is 0 Å². The van der Waals surface area contributed by atoms with Gasteiger partial charge >= 0.3 is 5.97 Å². The third-order valence-corrected chi connectivity index (χ3v) is 2.04. The van der Waals surface area contributed by atoms with Gasteiger partial charge in [-0.2, -0.15) is 0 Å². The predicted octanol–water partition coefficient (Wildman–Crippen LogP) is 0.923. The molecule has 1 aromatic heterocycles. The van der Waals surface area contributed by atoms with Gasteiger partial charge in [0.2, 0.25) is 5.76 Å². The molecule has 1 aliphatic heterocycles. The second-order valence-electron chi connectivity index (χ2n) is 3.05. The van der Waals surface area contributed by atoms with Crippen molar-refractivity contribution in [2.24, 2.45) is 0 Å². The summed E-state index contributed by atoms with van der Waals surface area (Å²) in [5.74, 6) is -0.888. The largest absolute Gasteiger partial charge is 0.475 e. The van der Waals surface area contributed by atoms with Crippen LogP contribution in [0.5, 0.6) is 0 Å². The molecule has 0 saturated carbocycles. The Bertz CT molecular complexity index is 329. The Hall–Kier alpha value is -1.29. The van der Waals surface area contributed by atoms with Crippen molar-refractivity contribution in [3.05, 3.63) is 23.2 Å². The summed E-state index contributed by atoms with van der Waals surface area (Å²) in [5.41, 5.74) is 1.82. The lowest BCUT2D eigenvalue weighted by Crippen LogP contribution is -2.09. The van der Waals surface area contributed by atoms with Crippen LogP contribution >= 0.6 is 0 Å². The van der Waals surface area contributed by atoms with Crippen molar-refractivity contribution >= 4 is 5.97 Å². The number of rotatable bonds is 1. The van der Waals surface area contributed by atoms with Gasteiger partial charge in [-0.05, 0) is 7.05 Å². The van der Waals surface area contributed by atoms with E-state index in [4.69, 9.17) is 9.52 Å². The molecule has 0 radical (unpaired) electrons. The van der Waals surface area contributed by atoms with Crippen LogP contribution in [0.3, 0.4) is 0 Å². The Morgan fingerprint density at radius 2 is 2.42 bits per heavy atom. The number of carboxylic acids is 1. The summed E-state index contributed by atoms with van der Waals surface area (Å²) >= 11 is 0. The fourth-order valence-electron chi connectivity index (χ4n) is 1.52. The summed E-state index contributed by atoms with van der Waals surface area (Å²) in [6.45, 7) is 1.46. The first-order valence-electron chi connectivity index (χ1n) is 3.69. The van der Waals surface area contributed by atoms with Gasteiger partial charge in [-0.1, -0.05) is 0 Å². The lowest BCUT2D eigenvalue weighted by molar-refractivity contribution is 0.0659. The highest BCUT2D eigenvalue weighted by Gasteiger charge is 2.25. The molecule has 1 aliphatic rings. The lowest BCUT2D eigenvalue weighted by Gasteiger charge is -2.04. The van der Waals surface area contributed by atoms with Crippen LogP contribution in [0.4, 0.5) is 0 Å². The molecule has 4 heteroatoms. The smallest absolute Gasteiger partial charge is 0.372 e. The molecule has 12 heavy (non-hydrogen) atoms. The fourth-order valence-corrected chi connectivity index (χ4v) is 1.52. The molecule has 1 aromatic rings. The first kappa shape index (κ1) is 7.36. The molecule has 2 rings (SSSR count). The van der Waals surface area contributed by atoms with Crippen molar-refractivity contribution in [1.29, 1.82) is 0 Å². The van der Waals surface area contributed by atoms with Gasteiger partial charge in [0, 0.05) is 24.2 Å². The molecule has 2 heterocycles. The molecule has 0 fully saturated rings. The Kier molecular flexibility index (Phi) is 1.44. The van der Waals surface area contributed by atoms with Crippen molar-refractivity contribution in [2.45, 2.75) is 13.1 Å². The highest BCUT2D eigenvalue weighted by atomic mass is 16.4. The Balaban J connectivity index is 2.43. The van der Waals surface area contributed by atoms with Crippen LogP contribution in [0, 0.1) is 0 Å². The van der Waals surface area contributed by atoms with Gasteiger partial charge in [0.1, 0.15) is 0 Å². The maximum absolute atomic E-state index is 10.6. The van der Waals surface area contributed by atoms with E-state index in [1.165, 1.54) is 6.26 Å². The third kappa shape index (κ3) is 0.921. The second-order valence-corrected chi connectivity index (χ2v) is 3.05. The summed E-state index contributed by atoms with van der Waals surface area (Å²) in [6.07, 6.45) is 1.53. The van der Waals surface area contributed by atoms with Gasteiger partial charge in [0.15, 0.2) is 0 Å². The molecule has 0 saturated heterocycles. The number of fused-ring (bicyclic) bond motifs is 1. The molecule has 0 atom stereocenters. The number of nitrogens with zero attached hydrogens (tertiary/aromatic N) is 1. The number of hydrogen-bond acceptors (Lipinski definition) is 3. The summed E-state index contributed by atoms with van der Waals surface area (Å²) in [4.78, 5) is 12.7. The van der Waals surface area contributed by atoms with Gasteiger partial charge in [-0.15, -0.1) is 0 Å². The van der Waals surface area contributed by atoms with Crippen LogP contribution in [-0.4, -0.2) is 23.0 Å². The Labute approximate surface area is 69.4 Å². The fraction of sp³-hybridized carbons (Fsp3) is 0.375. The van der Waals surface area contributed by atoms with Crippen LogP contribution in [0.15, 0.2) is 10.7 Å². The number of furan rings is 1. The highest BCUT2D eigenvalue weighted by Crippen LogP contribution is 2.26. The summed E-state index contributed by atoms with van der Waals surface area (Å²) in [7, 11) is 1.95. The minimum absolute atomic E-state index is 0.0920. The Morgan fingerprint density at radius 3 is 3.08 bits per heavy atom. The van der Waals surface area contributed by atoms with Crippen LogP contribution < -0.4 is 0 Å². The predicted molar refractivity (Wildman–Crippen MR) is 40.8 cm³/mol. The molecule has 1 N–H and O–H groups in total. The standard InChI is InChI=1S/C8H9NO3/c1-9-2-5-4-12-7(8(10)11)6(5)3-9/h4H,2-3H2,1H3,(H,10,11). The molecule has 0 amide bonds. The van der Waals surface area contributed by atoms with Crippen LogP contribution in [0.2, 0.25) is 0 Å². The average molecular weight is 167 g/mol. The third-order valence-electron chi connectivity index (χ3n) is 2.04. The van der Waals surface area contributed by atoms with E-state index in [0.717, 1.165) is 17.7 Å². The van der Waals surface area contributed by atoms with E-state index < -0.39 is 5.97 Å². The monoisotopic (exact) mass is 167 g/mol. The van der Waals surface area contributed by atoms with Crippen LogP contribution in [0.1, 0.15) is 21.7 Å². The summed E-state index contributed by atoms with van der Waals surface area (Å²) in [5, 5.41) is 8.71. The zero-order chi connectivity index (χ0) is 8.72. The average Bonchev–Trinajstić information content (AvgIpc) is 2.43. The first-order valence-corrected chi connectivity index (χ1v) is 3.69. The minimum atomic E-state index is -0.980. The lowest BCUT2D eigenvalue weighted by atomic mass is 10.2. The molecule has 0 aromatic carbocycles. The van der Waals surface area contributed by atoms with E-state index in [0.29, 0.717) is 6.54 Å². The number of carboxylic acid groups (broad SMARTS) is 1. The van der Waals surface area contributed by atoms with Gasteiger partial charge < -0.3 is 9.52 Å². The van der Waals surface area contributed by atoms with Crippen LogP contribution in [0.25, 0.3) is 0 Å². The molecule has 0 bridgehead atoms. The zero-order valence-electron chi connectivity index (χ0n) is 6.70. The van der Waals surface area contributed by atoms with Gasteiger partial charge in [0.05, 0.1) is 6.26 Å². The van der Waals surface area contributed by atoms with E-state index in [-0.39, 0.29) is 5.76 Å². The van der Waals surface area contributed by atoms with E-state index in [1.54, 1.807) is 0 Å². The van der Waals surface area contributed by atoms with Crippen molar-refractivity contribution in [1.82, 2.24) is 4.90 Å². The molecule has 0 aliphatic carbocycles. The maximum atomic E-state index is 10.6.